The van der Waals surface area contributed by atoms with E-state index >= 15 is 0 Å². The molecular formula is C17H25N2O5+. The number of methoxy groups -OCH3 is 1. The molecule has 0 saturated heterocycles. The monoisotopic (exact) mass is 337 g/mol. The molecule has 0 spiro atoms. The molecule has 24 heavy (non-hydrogen) atoms. The van der Waals surface area contributed by atoms with E-state index in [9.17, 15) is 9.90 Å². The predicted octanol–water partition coefficient (Wildman–Crippen LogP) is 1.09. The van der Waals surface area contributed by atoms with Crippen molar-refractivity contribution in [3.63, 3.8) is 0 Å². The third kappa shape index (κ3) is 4.17. The second kappa shape index (κ2) is 8.01. The molecule has 1 aliphatic heterocycles. The second-order valence-corrected chi connectivity index (χ2v) is 5.98. The Bertz CT molecular complexity index is 617. The number of benzene rings is 1. The maximum absolute atomic E-state index is 11.9. The number of esters is 1. The number of carbonyl (C=O) groups is 1. The number of hydrogen-bond donors (Lipinski definition) is 2. The summed E-state index contributed by atoms with van der Waals surface area (Å²) in [5.74, 6) is 0.302. The van der Waals surface area contributed by atoms with Crippen molar-refractivity contribution in [3.8, 4) is 11.5 Å². The van der Waals surface area contributed by atoms with E-state index in [0.717, 1.165) is 12.0 Å². The van der Waals surface area contributed by atoms with E-state index in [-0.39, 0.29) is 36.4 Å². The van der Waals surface area contributed by atoms with E-state index in [0.29, 0.717) is 17.9 Å². The Kier molecular flexibility index (Phi) is 6.03. The minimum Gasteiger partial charge on any atom is -0.504 e. The van der Waals surface area contributed by atoms with E-state index in [4.69, 9.17) is 14.3 Å². The first kappa shape index (κ1) is 18.1. The number of hydrogen-bond acceptors (Lipinski definition) is 6. The molecule has 3 atom stereocenters. The molecule has 0 aliphatic carbocycles. The van der Waals surface area contributed by atoms with Gasteiger partial charge in [-0.15, -0.1) is 0 Å². The van der Waals surface area contributed by atoms with Crippen molar-refractivity contribution in [1.29, 1.82) is 0 Å². The SMILES string of the molecule is CCC(C)[C@H]([NH3+])C(=O)OCC1CC(c2ccc(OC)c(O)c2)=NO1. The molecule has 4 N–H and O–H groups in total. The summed E-state index contributed by atoms with van der Waals surface area (Å²) >= 11 is 0. The van der Waals surface area contributed by atoms with Crippen LogP contribution in [-0.2, 0) is 14.4 Å². The van der Waals surface area contributed by atoms with E-state index < -0.39 is 0 Å². The Balaban J connectivity index is 1.87. The average Bonchev–Trinajstić information content (AvgIpc) is 3.07. The van der Waals surface area contributed by atoms with Crippen LogP contribution >= 0.6 is 0 Å². The van der Waals surface area contributed by atoms with Gasteiger partial charge in [0.15, 0.2) is 23.6 Å². The molecule has 132 valence electrons. The van der Waals surface area contributed by atoms with E-state index in [2.05, 4.69) is 10.9 Å². The number of nitrogens with zero attached hydrogens (tertiary/aromatic N) is 1. The van der Waals surface area contributed by atoms with Gasteiger partial charge in [-0.05, 0) is 24.6 Å². The number of quaternary nitrogens is 1. The summed E-state index contributed by atoms with van der Waals surface area (Å²) in [6.45, 7) is 4.12. The minimum atomic E-state index is -0.379. The molecule has 1 aromatic carbocycles. The number of ether oxygens (including phenoxy) is 2. The van der Waals surface area contributed by atoms with Crippen molar-refractivity contribution in [2.75, 3.05) is 13.7 Å². The third-order valence-corrected chi connectivity index (χ3v) is 4.29. The quantitative estimate of drug-likeness (QED) is 0.725. The fourth-order valence-corrected chi connectivity index (χ4v) is 2.36. The molecule has 1 aliphatic rings. The maximum Gasteiger partial charge on any atom is 0.365 e. The highest BCUT2D eigenvalue weighted by Crippen LogP contribution is 2.28. The number of carbonyl (C=O) groups excluding carboxylic acids is 1. The van der Waals surface area contributed by atoms with Crippen molar-refractivity contribution < 1.29 is 29.9 Å². The molecule has 1 heterocycles. The van der Waals surface area contributed by atoms with Gasteiger partial charge in [0, 0.05) is 17.9 Å². The average molecular weight is 337 g/mol. The lowest BCUT2D eigenvalue weighted by Gasteiger charge is -2.15. The molecule has 7 heteroatoms. The van der Waals surface area contributed by atoms with Crippen molar-refractivity contribution >= 4 is 11.7 Å². The highest BCUT2D eigenvalue weighted by molar-refractivity contribution is 6.01. The first-order valence-electron chi connectivity index (χ1n) is 8.06. The highest BCUT2D eigenvalue weighted by Gasteiger charge is 2.28. The second-order valence-electron chi connectivity index (χ2n) is 5.98. The van der Waals surface area contributed by atoms with Crippen LogP contribution in [0.25, 0.3) is 0 Å². The van der Waals surface area contributed by atoms with Crippen LogP contribution in [0.5, 0.6) is 11.5 Å². The fraction of sp³-hybridized carbons (Fsp3) is 0.529. The number of rotatable bonds is 7. The molecule has 0 saturated carbocycles. The molecule has 0 amide bonds. The standard InChI is InChI=1S/C17H24N2O5/c1-4-10(2)16(18)17(21)23-9-12-8-13(19-24-12)11-5-6-15(22-3)14(20)7-11/h5-7,10,12,16,20H,4,8-9,18H2,1-3H3/p+1/t10?,12?,16-/m0/s1. The lowest BCUT2D eigenvalue weighted by atomic mass is 10.0. The van der Waals surface area contributed by atoms with Crippen LogP contribution < -0.4 is 10.5 Å². The number of phenols is 1. The van der Waals surface area contributed by atoms with Crippen LogP contribution in [0.4, 0.5) is 0 Å². The van der Waals surface area contributed by atoms with Gasteiger partial charge < -0.3 is 25.2 Å². The van der Waals surface area contributed by atoms with Crippen molar-refractivity contribution in [1.82, 2.24) is 0 Å². The summed E-state index contributed by atoms with van der Waals surface area (Å²) in [6, 6.07) is 4.66. The van der Waals surface area contributed by atoms with Crippen LogP contribution in [0.3, 0.4) is 0 Å². The first-order valence-corrected chi connectivity index (χ1v) is 8.06. The normalized spacial score (nSPS) is 19.2. The van der Waals surface area contributed by atoms with Crippen molar-refractivity contribution in [2.45, 2.75) is 38.8 Å². The van der Waals surface area contributed by atoms with Gasteiger partial charge in [0.2, 0.25) is 0 Å². The predicted molar refractivity (Wildman–Crippen MR) is 87.8 cm³/mol. The van der Waals surface area contributed by atoms with E-state index in [1.165, 1.54) is 7.11 Å². The molecular weight excluding hydrogens is 312 g/mol. The third-order valence-electron chi connectivity index (χ3n) is 4.29. The molecule has 1 aromatic rings. The van der Waals surface area contributed by atoms with Gasteiger partial charge in [-0.1, -0.05) is 19.0 Å². The van der Waals surface area contributed by atoms with Gasteiger partial charge in [-0.25, -0.2) is 4.79 Å². The molecule has 2 rings (SSSR count). The summed E-state index contributed by atoms with van der Waals surface area (Å²) in [5.41, 5.74) is 5.30. The Hall–Kier alpha value is -2.28. The van der Waals surface area contributed by atoms with Gasteiger partial charge in [0.25, 0.3) is 0 Å². The van der Waals surface area contributed by atoms with Crippen LogP contribution in [-0.4, -0.2) is 42.7 Å². The number of phenolic OH excluding ortho intramolecular Hbond substituents is 1. The van der Waals surface area contributed by atoms with E-state index in [1.54, 1.807) is 18.2 Å². The Morgan fingerprint density at radius 3 is 2.92 bits per heavy atom. The zero-order valence-corrected chi connectivity index (χ0v) is 14.3. The zero-order chi connectivity index (χ0) is 17.7. The number of oxime groups is 1. The molecule has 0 fully saturated rings. The van der Waals surface area contributed by atoms with Crippen LogP contribution in [0.1, 0.15) is 32.3 Å². The van der Waals surface area contributed by atoms with Gasteiger partial charge >= 0.3 is 5.97 Å². The molecule has 0 aromatic heterocycles. The van der Waals surface area contributed by atoms with Gasteiger partial charge in [-0.3, -0.25) is 0 Å². The smallest absolute Gasteiger partial charge is 0.365 e. The zero-order valence-electron chi connectivity index (χ0n) is 14.3. The Morgan fingerprint density at radius 2 is 2.29 bits per heavy atom. The largest absolute Gasteiger partial charge is 0.504 e. The maximum atomic E-state index is 11.9. The summed E-state index contributed by atoms with van der Waals surface area (Å²) in [7, 11) is 1.49. The van der Waals surface area contributed by atoms with Crippen molar-refractivity contribution in [2.24, 2.45) is 11.1 Å². The van der Waals surface area contributed by atoms with Crippen LogP contribution in [0.2, 0.25) is 0 Å². The molecule has 0 radical (unpaired) electrons. The minimum absolute atomic E-state index is 0.0426. The molecule has 2 unspecified atom stereocenters. The summed E-state index contributed by atoms with van der Waals surface area (Å²) in [5, 5.41) is 13.8. The van der Waals surface area contributed by atoms with Gasteiger partial charge in [-0.2, -0.15) is 0 Å². The molecule has 0 bridgehead atoms. The van der Waals surface area contributed by atoms with Crippen molar-refractivity contribution in [3.05, 3.63) is 23.8 Å². The topological polar surface area (TPSA) is 105 Å². The van der Waals surface area contributed by atoms with E-state index in [1.807, 2.05) is 13.8 Å². The Labute approximate surface area is 141 Å². The fourth-order valence-electron chi connectivity index (χ4n) is 2.36. The summed E-state index contributed by atoms with van der Waals surface area (Å²) in [6.07, 6.45) is 1.05. The lowest BCUT2D eigenvalue weighted by molar-refractivity contribution is -0.420. The van der Waals surface area contributed by atoms with Crippen LogP contribution in [0.15, 0.2) is 23.4 Å². The van der Waals surface area contributed by atoms with Crippen LogP contribution in [0, 0.1) is 5.92 Å². The number of aromatic hydroxyl groups is 1. The summed E-state index contributed by atoms with van der Waals surface area (Å²) < 4.78 is 10.3. The van der Waals surface area contributed by atoms with Gasteiger partial charge in [0.05, 0.1) is 12.8 Å². The first-order chi connectivity index (χ1) is 11.5. The van der Waals surface area contributed by atoms with Gasteiger partial charge in [0.1, 0.15) is 6.61 Å². The molecule has 7 nitrogen and oxygen atoms in total. The highest BCUT2D eigenvalue weighted by atomic mass is 16.7. The summed E-state index contributed by atoms with van der Waals surface area (Å²) in [4.78, 5) is 17.3. The lowest BCUT2D eigenvalue weighted by Crippen LogP contribution is -2.68. The Morgan fingerprint density at radius 1 is 1.54 bits per heavy atom.